The first kappa shape index (κ1) is 22.6. The molecule has 10 heteroatoms. The summed E-state index contributed by atoms with van der Waals surface area (Å²) in [5.41, 5.74) is 0.236. The van der Waals surface area contributed by atoms with Gasteiger partial charge in [0.25, 0.3) is 11.8 Å². The van der Waals surface area contributed by atoms with Gasteiger partial charge in [-0.2, -0.15) is 0 Å². The Morgan fingerprint density at radius 3 is 2.59 bits per heavy atom. The first-order valence-corrected chi connectivity index (χ1v) is 10.4. The largest absolute Gasteiger partial charge is 0.452 e. The SMILES string of the molecule is COCCNC(=O)CSc1ccccc1C(=O)OCC(=O)NC(=O)c1cccs1. The molecular weight excluding hydrogens is 416 g/mol. The van der Waals surface area contributed by atoms with Crippen LogP contribution in [-0.2, 0) is 19.1 Å². The van der Waals surface area contributed by atoms with Gasteiger partial charge in [0, 0.05) is 18.6 Å². The van der Waals surface area contributed by atoms with E-state index in [2.05, 4.69) is 10.6 Å². The molecule has 154 valence electrons. The third-order valence-electron chi connectivity index (χ3n) is 3.43. The zero-order chi connectivity index (χ0) is 21.1. The van der Waals surface area contributed by atoms with Crippen molar-refractivity contribution in [3.8, 4) is 0 Å². The molecule has 0 bridgehead atoms. The van der Waals surface area contributed by atoms with Crippen molar-refractivity contribution < 1.29 is 28.7 Å². The summed E-state index contributed by atoms with van der Waals surface area (Å²) in [6, 6.07) is 9.88. The fourth-order valence-electron chi connectivity index (χ4n) is 2.09. The Balaban J connectivity index is 1.84. The van der Waals surface area contributed by atoms with E-state index < -0.39 is 24.4 Å². The molecule has 0 aliphatic rings. The minimum Gasteiger partial charge on any atom is -0.452 e. The number of rotatable bonds is 10. The lowest BCUT2D eigenvalue weighted by Crippen LogP contribution is -2.33. The zero-order valence-corrected chi connectivity index (χ0v) is 17.3. The van der Waals surface area contributed by atoms with Gasteiger partial charge in [-0.05, 0) is 23.6 Å². The van der Waals surface area contributed by atoms with E-state index in [1.54, 1.807) is 48.9 Å². The van der Waals surface area contributed by atoms with Crippen LogP contribution in [0.25, 0.3) is 0 Å². The summed E-state index contributed by atoms with van der Waals surface area (Å²) in [4.78, 5) is 48.7. The third-order valence-corrected chi connectivity index (χ3v) is 5.37. The zero-order valence-electron chi connectivity index (χ0n) is 15.6. The molecule has 8 nitrogen and oxygen atoms in total. The van der Waals surface area contributed by atoms with Gasteiger partial charge in [0.05, 0.1) is 22.8 Å². The number of benzene rings is 1. The van der Waals surface area contributed by atoms with Gasteiger partial charge >= 0.3 is 5.97 Å². The minimum atomic E-state index is -0.723. The van der Waals surface area contributed by atoms with Crippen LogP contribution in [0.2, 0.25) is 0 Å². The smallest absolute Gasteiger partial charge is 0.339 e. The molecule has 1 aromatic heterocycles. The van der Waals surface area contributed by atoms with Crippen LogP contribution in [0.3, 0.4) is 0 Å². The van der Waals surface area contributed by atoms with Crippen LogP contribution >= 0.6 is 23.1 Å². The first-order chi connectivity index (χ1) is 14.0. The van der Waals surface area contributed by atoms with E-state index in [0.717, 1.165) is 0 Å². The molecule has 0 radical (unpaired) electrons. The summed E-state index contributed by atoms with van der Waals surface area (Å²) >= 11 is 2.37. The molecule has 3 amide bonds. The van der Waals surface area contributed by atoms with Crippen LogP contribution in [0.15, 0.2) is 46.7 Å². The quantitative estimate of drug-likeness (QED) is 0.331. The second-order valence-electron chi connectivity index (χ2n) is 5.56. The molecule has 0 saturated carbocycles. The van der Waals surface area contributed by atoms with Gasteiger partial charge in [-0.25, -0.2) is 4.79 Å². The molecule has 1 aromatic carbocycles. The number of amides is 3. The highest BCUT2D eigenvalue weighted by Gasteiger charge is 2.17. The van der Waals surface area contributed by atoms with Gasteiger partial charge in [-0.3, -0.25) is 19.7 Å². The van der Waals surface area contributed by atoms with Gasteiger partial charge < -0.3 is 14.8 Å². The van der Waals surface area contributed by atoms with E-state index in [1.165, 1.54) is 23.1 Å². The number of thioether (sulfide) groups is 1. The molecule has 2 rings (SSSR count). The van der Waals surface area contributed by atoms with Gasteiger partial charge in [0.2, 0.25) is 5.91 Å². The van der Waals surface area contributed by atoms with Crippen LogP contribution in [0, 0.1) is 0 Å². The maximum Gasteiger partial charge on any atom is 0.339 e. The van der Waals surface area contributed by atoms with Gasteiger partial charge in [-0.15, -0.1) is 23.1 Å². The van der Waals surface area contributed by atoms with Crippen LogP contribution in [0.1, 0.15) is 20.0 Å². The number of imide groups is 1. The molecule has 0 aliphatic heterocycles. The molecular formula is C19H20N2O6S2. The molecule has 0 saturated heterocycles. The maximum absolute atomic E-state index is 12.3. The van der Waals surface area contributed by atoms with Crippen molar-refractivity contribution in [2.24, 2.45) is 0 Å². The Morgan fingerprint density at radius 1 is 1.07 bits per heavy atom. The number of ether oxygens (including phenoxy) is 2. The van der Waals surface area contributed by atoms with E-state index in [4.69, 9.17) is 9.47 Å². The van der Waals surface area contributed by atoms with E-state index in [0.29, 0.717) is 22.9 Å². The summed E-state index contributed by atoms with van der Waals surface area (Å²) in [5, 5.41) is 6.56. The second-order valence-corrected chi connectivity index (χ2v) is 7.52. The molecule has 0 spiro atoms. The van der Waals surface area contributed by atoms with Crippen LogP contribution in [0.4, 0.5) is 0 Å². The minimum absolute atomic E-state index is 0.115. The Bertz CT molecular complexity index is 854. The number of hydrogen-bond donors (Lipinski definition) is 2. The third kappa shape index (κ3) is 7.68. The van der Waals surface area contributed by atoms with E-state index in [9.17, 15) is 19.2 Å². The fraction of sp³-hybridized carbons (Fsp3) is 0.263. The van der Waals surface area contributed by atoms with Gasteiger partial charge in [-0.1, -0.05) is 18.2 Å². The van der Waals surface area contributed by atoms with Crippen molar-refractivity contribution in [2.45, 2.75) is 4.90 Å². The number of nitrogens with one attached hydrogen (secondary N) is 2. The Kier molecular flexibility index (Phi) is 9.35. The summed E-state index contributed by atoms with van der Waals surface area (Å²) < 4.78 is 9.87. The van der Waals surface area contributed by atoms with E-state index in [-0.39, 0.29) is 17.2 Å². The molecule has 0 aliphatic carbocycles. The maximum atomic E-state index is 12.3. The molecule has 0 fully saturated rings. The molecule has 2 aromatic rings. The molecule has 1 heterocycles. The Labute approximate surface area is 176 Å². The highest BCUT2D eigenvalue weighted by atomic mass is 32.2. The summed E-state index contributed by atoms with van der Waals surface area (Å²) in [6.07, 6.45) is 0. The van der Waals surface area contributed by atoms with Crippen molar-refractivity contribution in [3.05, 3.63) is 52.2 Å². The topological polar surface area (TPSA) is 111 Å². The summed E-state index contributed by atoms with van der Waals surface area (Å²) in [6.45, 7) is 0.224. The van der Waals surface area contributed by atoms with Crippen molar-refractivity contribution in [2.75, 3.05) is 32.6 Å². The number of carbonyl (C=O) groups excluding carboxylic acids is 4. The molecule has 29 heavy (non-hydrogen) atoms. The van der Waals surface area contributed by atoms with Crippen molar-refractivity contribution in [1.82, 2.24) is 10.6 Å². The van der Waals surface area contributed by atoms with E-state index >= 15 is 0 Å². The fourth-order valence-corrected chi connectivity index (χ4v) is 3.58. The number of methoxy groups -OCH3 is 1. The highest BCUT2D eigenvalue weighted by Crippen LogP contribution is 2.23. The number of esters is 1. The second kappa shape index (κ2) is 12.0. The van der Waals surface area contributed by atoms with Crippen molar-refractivity contribution in [1.29, 1.82) is 0 Å². The Morgan fingerprint density at radius 2 is 1.86 bits per heavy atom. The first-order valence-electron chi connectivity index (χ1n) is 8.53. The lowest BCUT2D eigenvalue weighted by Gasteiger charge is -2.09. The summed E-state index contributed by atoms with van der Waals surface area (Å²) in [7, 11) is 1.54. The lowest BCUT2D eigenvalue weighted by molar-refractivity contribution is -0.123. The molecule has 0 atom stereocenters. The van der Waals surface area contributed by atoms with Gasteiger partial charge in [0.15, 0.2) is 6.61 Å². The van der Waals surface area contributed by atoms with Crippen LogP contribution < -0.4 is 10.6 Å². The van der Waals surface area contributed by atoms with Crippen molar-refractivity contribution in [3.63, 3.8) is 0 Å². The number of carbonyl (C=O) groups is 4. The predicted octanol–water partition coefficient (Wildman–Crippen LogP) is 1.72. The average Bonchev–Trinajstić information content (AvgIpc) is 3.26. The monoisotopic (exact) mass is 436 g/mol. The Hall–Kier alpha value is -2.69. The standard InChI is InChI=1S/C19H20N2O6S2/c1-26-9-8-20-17(23)12-29-14-6-3-2-5-13(14)19(25)27-11-16(22)21-18(24)15-7-4-10-28-15/h2-7,10H,8-9,11-12H2,1H3,(H,20,23)(H,21,22,24). The predicted molar refractivity (Wildman–Crippen MR) is 109 cm³/mol. The highest BCUT2D eigenvalue weighted by molar-refractivity contribution is 8.00. The van der Waals surface area contributed by atoms with Crippen molar-refractivity contribution >= 4 is 46.8 Å². The molecule has 2 N–H and O–H groups in total. The van der Waals surface area contributed by atoms with E-state index in [1.807, 2.05) is 0 Å². The van der Waals surface area contributed by atoms with Gasteiger partial charge in [0.1, 0.15) is 0 Å². The van der Waals surface area contributed by atoms with Crippen LogP contribution in [-0.4, -0.2) is 56.3 Å². The number of hydrogen-bond acceptors (Lipinski definition) is 8. The molecule has 0 unspecified atom stereocenters. The lowest BCUT2D eigenvalue weighted by atomic mass is 10.2. The average molecular weight is 437 g/mol. The normalized spacial score (nSPS) is 10.2. The summed E-state index contributed by atoms with van der Waals surface area (Å²) in [5.74, 6) is -2.06. The van der Waals surface area contributed by atoms with Crippen LogP contribution in [0.5, 0.6) is 0 Å². The number of thiophene rings is 1.